The fraction of sp³-hybridized carbons (Fsp3) is 0.375. The molecule has 2 nitrogen and oxygen atoms in total. The summed E-state index contributed by atoms with van der Waals surface area (Å²) >= 11 is 3.46. The van der Waals surface area contributed by atoms with Crippen LogP contribution in [0.2, 0.25) is 0 Å². The summed E-state index contributed by atoms with van der Waals surface area (Å²) in [6.45, 7) is 4.74. The van der Waals surface area contributed by atoms with Crippen LogP contribution >= 0.6 is 15.9 Å². The lowest BCUT2D eigenvalue weighted by atomic mass is 9.71. The predicted molar refractivity (Wildman–Crippen MR) is 79.9 cm³/mol. The van der Waals surface area contributed by atoms with E-state index in [4.69, 9.17) is 0 Å². The number of rotatable bonds is 3. The average molecular weight is 321 g/mol. The van der Waals surface area contributed by atoms with E-state index in [2.05, 4.69) is 22.0 Å². The molecule has 1 aromatic rings. The first-order chi connectivity index (χ1) is 8.85. The van der Waals surface area contributed by atoms with Crippen molar-refractivity contribution < 1.29 is 9.59 Å². The van der Waals surface area contributed by atoms with E-state index in [0.717, 1.165) is 28.5 Å². The maximum atomic E-state index is 11.9. The Bertz CT molecular complexity index is 570. The Morgan fingerprint density at radius 3 is 2.37 bits per heavy atom. The molecule has 2 rings (SSSR count). The first-order valence-electron chi connectivity index (χ1n) is 6.37. The van der Waals surface area contributed by atoms with Gasteiger partial charge in [-0.05, 0) is 62.4 Å². The minimum absolute atomic E-state index is 0.0770. The van der Waals surface area contributed by atoms with Crippen LogP contribution in [0.1, 0.15) is 38.3 Å². The third-order valence-electron chi connectivity index (χ3n) is 4.15. The Morgan fingerprint density at radius 1 is 1.16 bits per heavy atom. The third kappa shape index (κ3) is 2.44. The van der Waals surface area contributed by atoms with Crippen LogP contribution in [0.3, 0.4) is 0 Å². The maximum Gasteiger partial charge on any atom is 0.147 e. The Kier molecular flexibility index (Phi) is 3.77. The second kappa shape index (κ2) is 5.04. The average Bonchev–Trinajstić information content (AvgIpc) is 2.36. The molecule has 0 unspecified atom stereocenters. The van der Waals surface area contributed by atoms with Gasteiger partial charge in [-0.3, -0.25) is 9.59 Å². The normalized spacial score (nSPS) is 14.6. The molecule has 1 aromatic carbocycles. The summed E-state index contributed by atoms with van der Waals surface area (Å²) in [5.74, 6) is -0.154. The van der Waals surface area contributed by atoms with Crippen molar-refractivity contribution in [3.8, 4) is 0 Å². The number of benzene rings is 1. The number of carbonyl (C=O) groups excluding carboxylic acids is 2. The first-order valence-corrected chi connectivity index (χ1v) is 7.16. The van der Waals surface area contributed by atoms with Gasteiger partial charge in [0.1, 0.15) is 17.0 Å². The number of fused-ring (bicyclic) bond motifs is 1. The van der Waals surface area contributed by atoms with Gasteiger partial charge in [0.15, 0.2) is 0 Å². The number of ketones is 2. The van der Waals surface area contributed by atoms with Gasteiger partial charge in [-0.2, -0.15) is 0 Å². The molecule has 1 aliphatic rings. The zero-order chi connectivity index (χ0) is 14.2. The van der Waals surface area contributed by atoms with Gasteiger partial charge in [-0.25, -0.2) is 0 Å². The molecule has 0 N–H and O–H groups in total. The molecule has 0 aliphatic heterocycles. The Balaban J connectivity index is 2.51. The second-order valence-electron chi connectivity index (χ2n) is 5.25. The fourth-order valence-corrected chi connectivity index (χ4v) is 2.96. The number of allylic oxidation sites excluding steroid dienone is 1. The topological polar surface area (TPSA) is 34.1 Å². The van der Waals surface area contributed by atoms with Gasteiger partial charge in [0.2, 0.25) is 0 Å². The summed E-state index contributed by atoms with van der Waals surface area (Å²) in [6, 6.07) is 6.11. The number of hydrogen-bond acceptors (Lipinski definition) is 2. The maximum absolute atomic E-state index is 11.9. The van der Waals surface area contributed by atoms with E-state index in [1.807, 2.05) is 18.2 Å². The van der Waals surface area contributed by atoms with E-state index >= 15 is 0 Å². The standard InChI is InChI=1S/C16H17BrO2/c1-10(18)16(3,11(2)19)14-6-4-13-9-15(17)7-5-12(13)8-14/h5,7-9H,4,6H2,1-3H3. The van der Waals surface area contributed by atoms with E-state index < -0.39 is 5.41 Å². The molecule has 0 heterocycles. The molecule has 1 aliphatic carbocycles. The summed E-state index contributed by atoms with van der Waals surface area (Å²) in [5, 5.41) is 0. The van der Waals surface area contributed by atoms with Gasteiger partial charge in [-0.1, -0.05) is 28.1 Å². The van der Waals surface area contributed by atoms with E-state index in [1.165, 1.54) is 19.4 Å². The number of hydrogen-bond donors (Lipinski definition) is 0. The number of aryl methyl sites for hydroxylation is 1. The molecule has 0 fully saturated rings. The van der Waals surface area contributed by atoms with E-state index in [0.29, 0.717) is 0 Å². The van der Waals surface area contributed by atoms with E-state index in [9.17, 15) is 9.59 Å². The monoisotopic (exact) mass is 320 g/mol. The molecule has 0 spiro atoms. The molecule has 3 heteroatoms. The fourth-order valence-electron chi connectivity index (χ4n) is 2.56. The van der Waals surface area contributed by atoms with Crippen LogP contribution in [0.15, 0.2) is 28.2 Å². The highest BCUT2D eigenvalue weighted by Gasteiger charge is 2.39. The largest absolute Gasteiger partial charge is 0.299 e. The molecule has 19 heavy (non-hydrogen) atoms. The van der Waals surface area contributed by atoms with Crippen LogP contribution < -0.4 is 0 Å². The zero-order valence-corrected chi connectivity index (χ0v) is 13.0. The van der Waals surface area contributed by atoms with E-state index in [-0.39, 0.29) is 11.6 Å². The molecule has 100 valence electrons. The van der Waals surface area contributed by atoms with Crippen molar-refractivity contribution in [2.75, 3.05) is 0 Å². The highest BCUT2D eigenvalue weighted by molar-refractivity contribution is 9.10. The number of halogens is 1. The summed E-state index contributed by atoms with van der Waals surface area (Å²) in [5.41, 5.74) is 2.33. The lowest BCUT2D eigenvalue weighted by molar-refractivity contribution is -0.134. The minimum atomic E-state index is -0.967. The van der Waals surface area contributed by atoms with Crippen LogP contribution in [-0.2, 0) is 16.0 Å². The van der Waals surface area contributed by atoms with Crippen molar-refractivity contribution in [3.63, 3.8) is 0 Å². The number of carbonyl (C=O) groups is 2. The molecule has 0 radical (unpaired) electrons. The van der Waals surface area contributed by atoms with Crippen LogP contribution in [0.5, 0.6) is 0 Å². The van der Waals surface area contributed by atoms with Crippen LogP contribution in [-0.4, -0.2) is 11.6 Å². The first kappa shape index (κ1) is 14.2. The Labute approximate surface area is 122 Å². The highest BCUT2D eigenvalue weighted by Crippen LogP contribution is 2.38. The Hall–Kier alpha value is -1.22. The summed E-state index contributed by atoms with van der Waals surface area (Å²) in [7, 11) is 0. The van der Waals surface area contributed by atoms with Crippen molar-refractivity contribution in [3.05, 3.63) is 39.4 Å². The summed E-state index contributed by atoms with van der Waals surface area (Å²) < 4.78 is 1.06. The number of Topliss-reactive ketones (excluding diaryl/α,β-unsaturated/α-hetero) is 2. The smallest absolute Gasteiger partial charge is 0.147 e. The molecular formula is C16H17BrO2. The van der Waals surface area contributed by atoms with E-state index in [1.54, 1.807) is 6.92 Å². The van der Waals surface area contributed by atoms with Crippen LogP contribution in [0.4, 0.5) is 0 Å². The van der Waals surface area contributed by atoms with Gasteiger partial charge in [-0.15, -0.1) is 0 Å². The molecule has 0 atom stereocenters. The molecule has 0 saturated carbocycles. The molecule has 0 aromatic heterocycles. The SMILES string of the molecule is CC(=O)C(C)(C(C)=O)C1=Cc2ccc(Br)cc2CC1. The van der Waals surface area contributed by atoms with Gasteiger partial charge >= 0.3 is 0 Å². The summed E-state index contributed by atoms with van der Waals surface area (Å²) in [6.07, 6.45) is 3.64. The molecular weight excluding hydrogens is 304 g/mol. The van der Waals surface area contributed by atoms with Gasteiger partial charge in [0.05, 0.1) is 0 Å². The molecule has 0 amide bonds. The minimum Gasteiger partial charge on any atom is -0.299 e. The van der Waals surface area contributed by atoms with Crippen molar-refractivity contribution >= 4 is 33.6 Å². The second-order valence-corrected chi connectivity index (χ2v) is 6.17. The Morgan fingerprint density at radius 2 is 1.79 bits per heavy atom. The van der Waals surface area contributed by atoms with Gasteiger partial charge in [0.25, 0.3) is 0 Å². The van der Waals surface area contributed by atoms with Gasteiger partial charge < -0.3 is 0 Å². The van der Waals surface area contributed by atoms with Gasteiger partial charge in [0, 0.05) is 4.47 Å². The molecule has 0 saturated heterocycles. The lowest BCUT2D eigenvalue weighted by Gasteiger charge is -2.30. The zero-order valence-electron chi connectivity index (χ0n) is 11.4. The highest BCUT2D eigenvalue weighted by atomic mass is 79.9. The lowest BCUT2D eigenvalue weighted by Crippen LogP contribution is -2.36. The van der Waals surface area contributed by atoms with Crippen LogP contribution in [0.25, 0.3) is 6.08 Å². The van der Waals surface area contributed by atoms with Crippen molar-refractivity contribution in [1.82, 2.24) is 0 Å². The van der Waals surface area contributed by atoms with Crippen molar-refractivity contribution in [1.29, 1.82) is 0 Å². The quantitative estimate of drug-likeness (QED) is 0.790. The predicted octanol–water partition coefficient (Wildman–Crippen LogP) is 3.96. The summed E-state index contributed by atoms with van der Waals surface area (Å²) in [4.78, 5) is 23.8. The third-order valence-corrected chi connectivity index (χ3v) is 4.64. The van der Waals surface area contributed by atoms with Crippen LogP contribution in [0, 0.1) is 5.41 Å². The van der Waals surface area contributed by atoms with Crippen molar-refractivity contribution in [2.24, 2.45) is 5.41 Å². The molecule has 0 bridgehead atoms. The van der Waals surface area contributed by atoms with Crippen molar-refractivity contribution in [2.45, 2.75) is 33.6 Å².